The summed E-state index contributed by atoms with van der Waals surface area (Å²) in [5.74, 6) is 3.14. The maximum atomic E-state index is 12.9. The van der Waals surface area contributed by atoms with Crippen molar-refractivity contribution in [3.8, 4) is 0 Å². The van der Waals surface area contributed by atoms with E-state index in [0.29, 0.717) is 24.3 Å². The molecule has 156 valence electrons. The van der Waals surface area contributed by atoms with Crippen molar-refractivity contribution in [3.05, 3.63) is 35.4 Å². The second kappa shape index (κ2) is 9.91. The van der Waals surface area contributed by atoms with Gasteiger partial charge in [0.15, 0.2) is 0 Å². The van der Waals surface area contributed by atoms with Crippen LogP contribution in [0, 0.1) is 11.8 Å². The highest BCUT2D eigenvalue weighted by atomic mass is 16.2. The first-order valence-corrected chi connectivity index (χ1v) is 11.5. The molecule has 0 bridgehead atoms. The average Bonchev–Trinajstić information content (AvgIpc) is 2.95. The van der Waals surface area contributed by atoms with Crippen LogP contribution in [0.1, 0.15) is 82.8 Å². The molecule has 1 aromatic rings. The van der Waals surface area contributed by atoms with E-state index in [0.717, 1.165) is 50.9 Å². The predicted molar refractivity (Wildman–Crippen MR) is 118 cm³/mol. The van der Waals surface area contributed by atoms with Crippen molar-refractivity contribution >= 4 is 5.91 Å². The van der Waals surface area contributed by atoms with Gasteiger partial charge in [-0.15, -0.1) is 0 Å². The molecule has 0 spiro atoms. The van der Waals surface area contributed by atoms with Gasteiger partial charge in [0.25, 0.3) is 0 Å². The lowest BCUT2D eigenvalue weighted by Gasteiger charge is -2.34. The number of rotatable bonds is 5. The van der Waals surface area contributed by atoms with Gasteiger partial charge in [0.05, 0.1) is 6.54 Å². The molecule has 2 aliphatic rings. The summed E-state index contributed by atoms with van der Waals surface area (Å²) in [5, 5.41) is 0. The first kappa shape index (κ1) is 21.4. The van der Waals surface area contributed by atoms with Crippen LogP contribution in [0.15, 0.2) is 24.3 Å². The Morgan fingerprint density at radius 2 is 1.61 bits per heavy atom. The van der Waals surface area contributed by atoms with Crippen molar-refractivity contribution in [2.24, 2.45) is 11.8 Å². The molecule has 3 heteroatoms. The first-order chi connectivity index (χ1) is 13.4. The highest BCUT2D eigenvalue weighted by Gasteiger charge is 2.26. The van der Waals surface area contributed by atoms with Crippen molar-refractivity contribution in [3.63, 3.8) is 0 Å². The number of piperidine rings is 1. The fraction of sp³-hybridized carbons (Fsp3) is 0.720. The van der Waals surface area contributed by atoms with E-state index in [4.69, 9.17) is 0 Å². The Labute approximate surface area is 172 Å². The lowest BCUT2D eigenvalue weighted by molar-refractivity contribution is -0.132. The number of carbonyl (C=O) groups excluding carboxylic acids is 1. The zero-order valence-corrected chi connectivity index (χ0v) is 18.5. The van der Waals surface area contributed by atoms with Gasteiger partial charge in [0.2, 0.25) is 5.91 Å². The third-order valence-electron chi connectivity index (χ3n) is 7.09. The van der Waals surface area contributed by atoms with Crippen molar-refractivity contribution in [2.45, 2.75) is 71.6 Å². The summed E-state index contributed by atoms with van der Waals surface area (Å²) in [6, 6.07) is 9.20. The van der Waals surface area contributed by atoms with E-state index in [-0.39, 0.29) is 0 Å². The normalized spacial score (nSPS) is 22.6. The fourth-order valence-corrected chi connectivity index (χ4v) is 4.90. The summed E-state index contributed by atoms with van der Waals surface area (Å²) in [6.45, 7) is 13.8. The second-order valence-electron chi connectivity index (χ2n) is 9.69. The van der Waals surface area contributed by atoms with E-state index in [2.05, 4.69) is 61.8 Å². The van der Waals surface area contributed by atoms with Crippen LogP contribution >= 0.6 is 0 Å². The molecule has 0 N–H and O–H groups in total. The number of hydrogen-bond acceptors (Lipinski definition) is 2. The molecular formula is C25H40N2O. The highest BCUT2D eigenvalue weighted by molar-refractivity contribution is 5.78. The summed E-state index contributed by atoms with van der Waals surface area (Å²) in [5.41, 5.74) is 2.87. The van der Waals surface area contributed by atoms with Crippen LogP contribution in [-0.2, 0) is 4.79 Å². The van der Waals surface area contributed by atoms with Gasteiger partial charge < -0.3 is 4.90 Å². The minimum Gasteiger partial charge on any atom is -0.342 e. The van der Waals surface area contributed by atoms with E-state index in [1.165, 1.54) is 30.4 Å². The zero-order valence-electron chi connectivity index (χ0n) is 18.5. The van der Waals surface area contributed by atoms with E-state index in [1.807, 2.05) is 0 Å². The molecular weight excluding hydrogens is 344 g/mol. The number of amides is 1. The molecule has 2 heterocycles. The smallest absolute Gasteiger partial charge is 0.236 e. The van der Waals surface area contributed by atoms with Crippen molar-refractivity contribution in [1.82, 2.24) is 9.80 Å². The van der Waals surface area contributed by atoms with Crippen LogP contribution in [0.2, 0.25) is 0 Å². The van der Waals surface area contributed by atoms with E-state index < -0.39 is 0 Å². The quantitative estimate of drug-likeness (QED) is 0.690. The van der Waals surface area contributed by atoms with Crippen LogP contribution in [-0.4, -0.2) is 48.4 Å². The highest BCUT2D eigenvalue weighted by Crippen LogP contribution is 2.29. The Hall–Kier alpha value is -1.35. The lowest BCUT2D eigenvalue weighted by Crippen LogP contribution is -2.44. The molecule has 3 nitrogen and oxygen atoms in total. The SMILES string of the molecule is CC(C)c1ccc(C2CCCN(C(=O)CN3CCC(C(C)C)CC3)CC2)cc1. The molecule has 28 heavy (non-hydrogen) atoms. The molecule has 0 aliphatic carbocycles. The van der Waals surface area contributed by atoms with Gasteiger partial charge in [-0.2, -0.15) is 0 Å². The molecule has 0 aromatic heterocycles. The van der Waals surface area contributed by atoms with Gasteiger partial charge in [0.1, 0.15) is 0 Å². The van der Waals surface area contributed by atoms with Gasteiger partial charge >= 0.3 is 0 Å². The van der Waals surface area contributed by atoms with Crippen LogP contribution in [0.4, 0.5) is 0 Å². The van der Waals surface area contributed by atoms with Gasteiger partial charge in [-0.25, -0.2) is 0 Å². The standard InChI is InChI=1S/C25H40N2O/c1-19(2)21-7-9-24(10-8-21)23-6-5-14-27(17-13-23)25(28)18-26-15-11-22(12-16-26)20(3)4/h7-10,19-20,22-23H,5-6,11-18H2,1-4H3. The molecule has 1 amide bonds. The molecule has 0 radical (unpaired) electrons. The van der Waals surface area contributed by atoms with Gasteiger partial charge in [-0.05, 0) is 80.0 Å². The van der Waals surface area contributed by atoms with Crippen LogP contribution in [0.25, 0.3) is 0 Å². The summed E-state index contributed by atoms with van der Waals surface area (Å²) < 4.78 is 0. The minimum absolute atomic E-state index is 0.346. The monoisotopic (exact) mass is 384 g/mol. The molecule has 1 unspecified atom stereocenters. The molecule has 1 atom stereocenters. The number of benzene rings is 1. The molecule has 2 aliphatic heterocycles. The summed E-state index contributed by atoms with van der Waals surface area (Å²) in [6.07, 6.45) is 5.92. The van der Waals surface area contributed by atoms with Crippen molar-refractivity contribution in [1.29, 1.82) is 0 Å². The number of nitrogens with zero attached hydrogens (tertiary/aromatic N) is 2. The molecule has 3 rings (SSSR count). The number of likely N-dealkylation sites (tertiary alicyclic amines) is 2. The Morgan fingerprint density at radius 3 is 2.21 bits per heavy atom. The van der Waals surface area contributed by atoms with E-state index in [9.17, 15) is 4.79 Å². The fourth-order valence-electron chi connectivity index (χ4n) is 4.90. The average molecular weight is 385 g/mol. The van der Waals surface area contributed by atoms with Crippen molar-refractivity contribution in [2.75, 3.05) is 32.7 Å². The molecule has 2 fully saturated rings. The van der Waals surface area contributed by atoms with Crippen LogP contribution in [0.5, 0.6) is 0 Å². The van der Waals surface area contributed by atoms with E-state index in [1.54, 1.807) is 0 Å². The molecule has 2 saturated heterocycles. The Bertz CT molecular complexity index is 614. The third-order valence-corrected chi connectivity index (χ3v) is 7.09. The maximum Gasteiger partial charge on any atom is 0.236 e. The maximum absolute atomic E-state index is 12.9. The largest absolute Gasteiger partial charge is 0.342 e. The Kier molecular flexibility index (Phi) is 7.56. The van der Waals surface area contributed by atoms with Gasteiger partial charge in [-0.1, -0.05) is 52.0 Å². The predicted octanol–water partition coefficient (Wildman–Crippen LogP) is 5.27. The van der Waals surface area contributed by atoms with Crippen LogP contribution in [0.3, 0.4) is 0 Å². The Morgan fingerprint density at radius 1 is 0.929 bits per heavy atom. The number of hydrogen-bond donors (Lipinski definition) is 0. The number of carbonyl (C=O) groups is 1. The van der Waals surface area contributed by atoms with Gasteiger partial charge in [-0.3, -0.25) is 9.69 Å². The molecule has 1 aromatic carbocycles. The Balaban J connectivity index is 1.48. The third kappa shape index (κ3) is 5.59. The molecule has 0 saturated carbocycles. The minimum atomic E-state index is 0.346. The summed E-state index contributed by atoms with van der Waals surface area (Å²) in [4.78, 5) is 17.4. The van der Waals surface area contributed by atoms with E-state index >= 15 is 0 Å². The summed E-state index contributed by atoms with van der Waals surface area (Å²) >= 11 is 0. The van der Waals surface area contributed by atoms with Gasteiger partial charge in [0, 0.05) is 13.1 Å². The lowest BCUT2D eigenvalue weighted by atomic mass is 9.87. The zero-order chi connectivity index (χ0) is 20.1. The first-order valence-electron chi connectivity index (χ1n) is 11.5. The van der Waals surface area contributed by atoms with Crippen molar-refractivity contribution < 1.29 is 4.79 Å². The summed E-state index contributed by atoms with van der Waals surface area (Å²) in [7, 11) is 0. The topological polar surface area (TPSA) is 23.6 Å². The second-order valence-corrected chi connectivity index (χ2v) is 9.69. The van der Waals surface area contributed by atoms with Crippen LogP contribution < -0.4 is 0 Å².